The summed E-state index contributed by atoms with van der Waals surface area (Å²) in [7, 11) is 0. The van der Waals surface area contributed by atoms with E-state index in [2.05, 4.69) is 10.6 Å². The van der Waals surface area contributed by atoms with Crippen LogP contribution in [0.1, 0.15) is 26.2 Å². The maximum atomic E-state index is 11.8. The van der Waals surface area contributed by atoms with Crippen LogP contribution in [-0.4, -0.2) is 25.1 Å². The van der Waals surface area contributed by atoms with Crippen LogP contribution in [0.4, 0.5) is 5.69 Å². The second kappa shape index (κ2) is 6.40. The number of amides is 1. The zero-order valence-corrected chi connectivity index (χ0v) is 10.7. The average Bonchev–Trinajstić information content (AvgIpc) is 2.84. The molecule has 1 unspecified atom stereocenters. The molecule has 1 aliphatic heterocycles. The average molecular weight is 248 g/mol. The largest absolute Gasteiger partial charge is 0.494 e. The molecule has 2 N–H and O–H groups in total. The maximum Gasteiger partial charge on any atom is 0.225 e. The summed E-state index contributed by atoms with van der Waals surface area (Å²) in [4.78, 5) is 11.8. The van der Waals surface area contributed by atoms with Crippen molar-refractivity contribution in [1.29, 1.82) is 0 Å². The molecule has 0 spiro atoms. The molecule has 4 nitrogen and oxygen atoms in total. The number of nitrogens with one attached hydrogen (secondary N) is 2. The second-order valence-corrected chi connectivity index (χ2v) is 4.50. The number of hydrogen-bond acceptors (Lipinski definition) is 3. The summed E-state index contributed by atoms with van der Waals surface area (Å²) >= 11 is 0. The quantitative estimate of drug-likeness (QED) is 0.839. The lowest BCUT2D eigenvalue weighted by Gasteiger charge is -2.11. The smallest absolute Gasteiger partial charge is 0.225 e. The summed E-state index contributed by atoms with van der Waals surface area (Å²) in [6, 6.07) is 7.81. The second-order valence-electron chi connectivity index (χ2n) is 4.50. The van der Waals surface area contributed by atoms with Gasteiger partial charge in [-0.25, -0.2) is 0 Å². The highest BCUT2D eigenvalue weighted by Gasteiger charge is 2.17. The van der Waals surface area contributed by atoms with Gasteiger partial charge in [-0.3, -0.25) is 4.79 Å². The molecule has 18 heavy (non-hydrogen) atoms. The Morgan fingerprint density at radius 3 is 2.83 bits per heavy atom. The van der Waals surface area contributed by atoms with E-state index in [1.54, 1.807) is 0 Å². The molecule has 1 fully saturated rings. The molecule has 1 aromatic rings. The Morgan fingerprint density at radius 2 is 2.22 bits per heavy atom. The van der Waals surface area contributed by atoms with Crippen molar-refractivity contribution in [2.75, 3.05) is 18.5 Å². The Kier molecular flexibility index (Phi) is 4.59. The molecule has 1 saturated heterocycles. The Hall–Kier alpha value is -1.55. The first-order valence-corrected chi connectivity index (χ1v) is 6.54. The number of carbonyl (C=O) groups is 1. The monoisotopic (exact) mass is 248 g/mol. The normalized spacial score (nSPS) is 18.6. The molecular weight excluding hydrogens is 228 g/mol. The molecule has 2 rings (SSSR count). The summed E-state index contributed by atoms with van der Waals surface area (Å²) in [5.41, 5.74) is 0.821. The first kappa shape index (κ1) is 12.9. The molecule has 1 aliphatic rings. The topological polar surface area (TPSA) is 50.4 Å². The van der Waals surface area contributed by atoms with Crippen LogP contribution >= 0.6 is 0 Å². The fourth-order valence-corrected chi connectivity index (χ4v) is 2.17. The maximum absolute atomic E-state index is 11.8. The minimum absolute atomic E-state index is 0.0681. The minimum Gasteiger partial charge on any atom is -0.494 e. The van der Waals surface area contributed by atoms with Gasteiger partial charge in [-0.05, 0) is 50.6 Å². The van der Waals surface area contributed by atoms with Crippen molar-refractivity contribution in [1.82, 2.24) is 5.32 Å². The predicted molar refractivity (Wildman–Crippen MR) is 71.9 cm³/mol. The van der Waals surface area contributed by atoms with Crippen molar-refractivity contribution in [3.05, 3.63) is 24.3 Å². The summed E-state index contributed by atoms with van der Waals surface area (Å²) in [6.07, 6.45) is 2.81. The van der Waals surface area contributed by atoms with Gasteiger partial charge in [0.25, 0.3) is 0 Å². The Labute approximate surface area is 108 Å². The van der Waals surface area contributed by atoms with Crippen LogP contribution in [0.2, 0.25) is 0 Å². The van der Waals surface area contributed by atoms with E-state index in [1.807, 2.05) is 31.2 Å². The van der Waals surface area contributed by atoms with E-state index in [0.29, 0.717) is 19.1 Å². The third-order valence-corrected chi connectivity index (χ3v) is 3.04. The van der Waals surface area contributed by atoms with Gasteiger partial charge in [0.05, 0.1) is 6.61 Å². The Morgan fingerprint density at radius 1 is 1.44 bits per heavy atom. The van der Waals surface area contributed by atoms with Crippen LogP contribution in [0.25, 0.3) is 0 Å². The lowest BCUT2D eigenvalue weighted by Crippen LogP contribution is -2.27. The molecule has 0 aromatic heterocycles. The molecule has 0 aliphatic carbocycles. The van der Waals surface area contributed by atoms with E-state index in [1.165, 1.54) is 6.42 Å². The lowest BCUT2D eigenvalue weighted by atomic mass is 10.1. The summed E-state index contributed by atoms with van der Waals surface area (Å²) in [5, 5.41) is 6.22. The molecule has 1 amide bonds. The number of hydrogen-bond donors (Lipinski definition) is 2. The van der Waals surface area contributed by atoms with Gasteiger partial charge >= 0.3 is 0 Å². The lowest BCUT2D eigenvalue weighted by molar-refractivity contribution is -0.116. The number of anilines is 1. The van der Waals surface area contributed by atoms with Crippen molar-refractivity contribution >= 4 is 11.6 Å². The first-order chi connectivity index (χ1) is 8.78. The van der Waals surface area contributed by atoms with Crippen LogP contribution in [0.5, 0.6) is 5.75 Å². The van der Waals surface area contributed by atoms with Gasteiger partial charge in [-0.2, -0.15) is 0 Å². The first-order valence-electron chi connectivity index (χ1n) is 6.54. The van der Waals surface area contributed by atoms with Crippen molar-refractivity contribution in [3.63, 3.8) is 0 Å². The third-order valence-electron chi connectivity index (χ3n) is 3.04. The third kappa shape index (κ3) is 3.74. The molecular formula is C14H20N2O2. The van der Waals surface area contributed by atoms with Crippen LogP contribution in [0.15, 0.2) is 24.3 Å². The van der Waals surface area contributed by atoms with Crippen molar-refractivity contribution in [3.8, 4) is 5.75 Å². The molecule has 4 heteroatoms. The number of benzene rings is 1. The van der Waals surface area contributed by atoms with E-state index in [9.17, 15) is 4.79 Å². The number of ether oxygens (including phenoxy) is 1. The SMILES string of the molecule is CCOc1ccc(NC(=O)CC2CCCN2)cc1. The van der Waals surface area contributed by atoms with E-state index >= 15 is 0 Å². The van der Waals surface area contributed by atoms with Crippen molar-refractivity contribution < 1.29 is 9.53 Å². The minimum atomic E-state index is 0.0681. The van der Waals surface area contributed by atoms with E-state index in [0.717, 1.165) is 24.4 Å². The van der Waals surface area contributed by atoms with Gasteiger partial charge in [0.2, 0.25) is 5.91 Å². The van der Waals surface area contributed by atoms with Crippen LogP contribution in [-0.2, 0) is 4.79 Å². The van der Waals surface area contributed by atoms with Gasteiger partial charge in [0, 0.05) is 18.2 Å². The summed E-state index contributed by atoms with van der Waals surface area (Å²) < 4.78 is 5.35. The van der Waals surface area contributed by atoms with Crippen LogP contribution in [0.3, 0.4) is 0 Å². The predicted octanol–water partition coefficient (Wildman–Crippen LogP) is 2.17. The van der Waals surface area contributed by atoms with Crippen LogP contribution in [0, 0.1) is 0 Å². The summed E-state index contributed by atoms with van der Waals surface area (Å²) in [6.45, 7) is 3.63. The Balaban J connectivity index is 1.82. The van der Waals surface area contributed by atoms with E-state index in [4.69, 9.17) is 4.74 Å². The number of rotatable bonds is 5. The molecule has 1 aromatic carbocycles. The number of carbonyl (C=O) groups excluding carboxylic acids is 1. The van der Waals surface area contributed by atoms with Gasteiger partial charge in [0.1, 0.15) is 5.75 Å². The van der Waals surface area contributed by atoms with Crippen molar-refractivity contribution in [2.24, 2.45) is 0 Å². The highest BCUT2D eigenvalue weighted by atomic mass is 16.5. The van der Waals surface area contributed by atoms with E-state index < -0.39 is 0 Å². The zero-order chi connectivity index (χ0) is 12.8. The molecule has 0 saturated carbocycles. The fraction of sp³-hybridized carbons (Fsp3) is 0.500. The molecule has 98 valence electrons. The van der Waals surface area contributed by atoms with Crippen LogP contribution < -0.4 is 15.4 Å². The van der Waals surface area contributed by atoms with E-state index in [-0.39, 0.29) is 5.91 Å². The van der Waals surface area contributed by atoms with Gasteiger partial charge in [-0.15, -0.1) is 0 Å². The zero-order valence-electron chi connectivity index (χ0n) is 10.7. The molecule has 0 radical (unpaired) electrons. The van der Waals surface area contributed by atoms with Gasteiger partial charge < -0.3 is 15.4 Å². The standard InChI is InChI=1S/C14H20N2O2/c1-2-18-13-7-5-11(6-8-13)16-14(17)10-12-4-3-9-15-12/h5-8,12,15H,2-4,9-10H2,1H3,(H,16,17). The van der Waals surface area contributed by atoms with Crippen molar-refractivity contribution in [2.45, 2.75) is 32.2 Å². The fourth-order valence-electron chi connectivity index (χ4n) is 2.17. The Bertz CT molecular complexity index is 383. The van der Waals surface area contributed by atoms with Gasteiger partial charge in [-0.1, -0.05) is 0 Å². The molecule has 1 heterocycles. The molecule has 0 bridgehead atoms. The highest BCUT2D eigenvalue weighted by Crippen LogP contribution is 2.16. The highest BCUT2D eigenvalue weighted by molar-refractivity contribution is 5.91. The summed E-state index contributed by atoms with van der Waals surface area (Å²) in [5.74, 6) is 0.895. The molecule has 1 atom stereocenters. The van der Waals surface area contributed by atoms with Gasteiger partial charge in [0.15, 0.2) is 0 Å².